The summed E-state index contributed by atoms with van der Waals surface area (Å²) in [6, 6.07) is 10.4. The van der Waals surface area contributed by atoms with Crippen LogP contribution in [0, 0.1) is 12.8 Å². The highest BCUT2D eigenvalue weighted by molar-refractivity contribution is 5.61. The van der Waals surface area contributed by atoms with Crippen molar-refractivity contribution >= 4 is 0 Å². The predicted octanol–water partition coefficient (Wildman–Crippen LogP) is 4.24. The number of nitrogens with one attached hydrogen (secondary N) is 1. The molecule has 0 saturated heterocycles. The van der Waals surface area contributed by atoms with Crippen molar-refractivity contribution in [2.24, 2.45) is 5.92 Å². The number of oxazole rings is 1. The van der Waals surface area contributed by atoms with E-state index in [2.05, 4.69) is 53.3 Å². The van der Waals surface area contributed by atoms with Crippen molar-refractivity contribution in [2.45, 2.75) is 27.2 Å². The predicted molar refractivity (Wildman–Crippen MR) is 82.8 cm³/mol. The van der Waals surface area contributed by atoms with E-state index in [0.717, 1.165) is 29.1 Å². The van der Waals surface area contributed by atoms with Gasteiger partial charge in [-0.05, 0) is 30.9 Å². The van der Waals surface area contributed by atoms with Crippen molar-refractivity contribution in [3.05, 3.63) is 47.9 Å². The molecular weight excluding hydrogens is 262 g/mol. The van der Waals surface area contributed by atoms with Crippen LogP contribution in [-0.2, 0) is 6.42 Å². The van der Waals surface area contributed by atoms with Crippen LogP contribution in [0.25, 0.3) is 22.8 Å². The number of aromatic nitrogens is 3. The van der Waals surface area contributed by atoms with Crippen LogP contribution in [0.1, 0.15) is 25.1 Å². The summed E-state index contributed by atoms with van der Waals surface area (Å²) in [6.07, 6.45) is 2.77. The minimum atomic E-state index is 0.542. The summed E-state index contributed by atoms with van der Waals surface area (Å²) in [5.41, 5.74) is 4.96. The molecule has 0 spiro atoms. The maximum Gasteiger partial charge on any atom is 0.247 e. The molecule has 0 unspecified atom stereocenters. The molecule has 21 heavy (non-hydrogen) atoms. The molecule has 3 aromatic rings. The van der Waals surface area contributed by atoms with Crippen molar-refractivity contribution in [2.75, 3.05) is 0 Å². The second kappa shape index (κ2) is 5.56. The number of rotatable bonds is 4. The topological polar surface area (TPSA) is 54.7 Å². The van der Waals surface area contributed by atoms with Gasteiger partial charge in [0.25, 0.3) is 0 Å². The Bertz CT molecular complexity index is 723. The Hall–Kier alpha value is -2.36. The Balaban J connectivity index is 1.83. The SMILES string of the molecule is Cc1cc(-c2nc(-c3ccc(CC(C)C)cc3)co2)n[nH]1. The Morgan fingerprint density at radius 1 is 1.14 bits per heavy atom. The van der Waals surface area contributed by atoms with Crippen molar-refractivity contribution in [3.8, 4) is 22.8 Å². The van der Waals surface area contributed by atoms with Gasteiger partial charge in [0.15, 0.2) is 0 Å². The summed E-state index contributed by atoms with van der Waals surface area (Å²) in [5, 5.41) is 7.05. The Morgan fingerprint density at radius 2 is 1.90 bits per heavy atom. The van der Waals surface area contributed by atoms with Crippen molar-refractivity contribution in [3.63, 3.8) is 0 Å². The molecule has 4 nitrogen and oxygen atoms in total. The highest BCUT2D eigenvalue weighted by Gasteiger charge is 2.11. The van der Waals surface area contributed by atoms with Crippen LogP contribution in [-0.4, -0.2) is 15.2 Å². The lowest BCUT2D eigenvalue weighted by Gasteiger charge is -2.05. The molecule has 0 fully saturated rings. The highest BCUT2D eigenvalue weighted by atomic mass is 16.3. The zero-order valence-corrected chi connectivity index (χ0v) is 12.6. The van der Waals surface area contributed by atoms with E-state index in [1.165, 1.54) is 5.56 Å². The molecule has 3 rings (SSSR count). The molecule has 0 atom stereocenters. The molecule has 2 heterocycles. The van der Waals surface area contributed by atoms with Gasteiger partial charge in [0.2, 0.25) is 5.89 Å². The lowest BCUT2D eigenvalue weighted by atomic mass is 10.0. The Kier molecular flexibility index (Phi) is 3.60. The minimum Gasteiger partial charge on any atom is -0.443 e. The molecule has 0 saturated carbocycles. The molecule has 2 aromatic heterocycles. The number of nitrogens with zero attached hydrogens (tertiary/aromatic N) is 2. The quantitative estimate of drug-likeness (QED) is 0.778. The normalized spacial score (nSPS) is 11.2. The average Bonchev–Trinajstić information content (AvgIpc) is 3.07. The molecule has 0 amide bonds. The van der Waals surface area contributed by atoms with Gasteiger partial charge >= 0.3 is 0 Å². The Morgan fingerprint density at radius 3 is 2.52 bits per heavy atom. The summed E-state index contributed by atoms with van der Waals surface area (Å²) in [5.74, 6) is 1.21. The van der Waals surface area contributed by atoms with Gasteiger partial charge in [-0.15, -0.1) is 0 Å². The van der Waals surface area contributed by atoms with Gasteiger partial charge in [0.1, 0.15) is 17.7 Å². The highest BCUT2D eigenvalue weighted by Crippen LogP contribution is 2.24. The van der Waals surface area contributed by atoms with Gasteiger partial charge in [0, 0.05) is 11.3 Å². The largest absolute Gasteiger partial charge is 0.443 e. The fourth-order valence-corrected chi connectivity index (χ4v) is 2.33. The van der Waals surface area contributed by atoms with E-state index in [4.69, 9.17) is 4.42 Å². The maximum atomic E-state index is 5.52. The lowest BCUT2D eigenvalue weighted by Crippen LogP contribution is -1.93. The van der Waals surface area contributed by atoms with E-state index in [9.17, 15) is 0 Å². The molecule has 108 valence electrons. The van der Waals surface area contributed by atoms with Crippen LogP contribution >= 0.6 is 0 Å². The first-order valence-electron chi connectivity index (χ1n) is 7.19. The second-order valence-electron chi connectivity index (χ2n) is 5.77. The number of hydrogen-bond donors (Lipinski definition) is 1. The van der Waals surface area contributed by atoms with Gasteiger partial charge in [-0.3, -0.25) is 5.10 Å². The smallest absolute Gasteiger partial charge is 0.247 e. The summed E-state index contributed by atoms with van der Waals surface area (Å²) in [6.45, 7) is 6.40. The van der Waals surface area contributed by atoms with Crippen molar-refractivity contribution in [1.82, 2.24) is 15.2 Å². The molecule has 0 radical (unpaired) electrons. The van der Waals surface area contributed by atoms with E-state index in [0.29, 0.717) is 11.8 Å². The third-order valence-corrected chi connectivity index (χ3v) is 3.32. The van der Waals surface area contributed by atoms with Crippen molar-refractivity contribution < 1.29 is 4.42 Å². The van der Waals surface area contributed by atoms with Crippen LogP contribution in [0.5, 0.6) is 0 Å². The molecule has 1 aromatic carbocycles. The lowest BCUT2D eigenvalue weighted by molar-refractivity contribution is 0.572. The molecule has 1 N–H and O–H groups in total. The average molecular weight is 281 g/mol. The molecule has 0 aliphatic rings. The number of hydrogen-bond acceptors (Lipinski definition) is 3. The van der Waals surface area contributed by atoms with Gasteiger partial charge in [0.05, 0.1) is 0 Å². The third kappa shape index (κ3) is 3.05. The van der Waals surface area contributed by atoms with E-state index in [1.807, 2.05) is 13.0 Å². The van der Waals surface area contributed by atoms with Crippen molar-refractivity contribution in [1.29, 1.82) is 0 Å². The van der Waals surface area contributed by atoms with E-state index in [1.54, 1.807) is 6.26 Å². The summed E-state index contributed by atoms with van der Waals surface area (Å²) in [4.78, 5) is 4.51. The maximum absolute atomic E-state index is 5.52. The van der Waals surface area contributed by atoms with Gasteiger partial charge in [-0.1, -0.05) is 38.1 Å². The number of H-pyrrole nitrogens is 1. The standard InChI is InChI=1S/C17H19N3O/c1-11(2)8-13-4-6-14(7-5-13)16-10-21-17(18-16)15-9-12(3)19-20-15/h4-7,9-11H,8H2,1-3H3,(H,19,20). The van der Waals surface area contributed by atoms with Gasteiger partial charge in [-0.2, -0.15) is 5.10 Å². The monoisotopic (exact) mass is 281 g/mol. The summed E-state index contributed by atoms with van der Waals surface area (Å²) in [7, 11) is 0. The Labute approximate surface area is 124 Å². The molecule has 0 aliphatic carbocycles. The summed E-state index contributed by atoms with van der Waals surface area (Å²) >= 11 is 0. The first-order chi connectivity index (χ1) is 10.1. The molecule has 0 aliphatic heterocycles. The molecular formula is C17H19N3O. The fourth-order valence-electron chi connectivity index (χ4n) is 2.33. The molecule has 4 heteroatoms. The fraction of sp³-hybridized carbons (Fsp3) is 0.294. The van der Waals surface area contributed by atoms with Crippen LogP contribution in [0.4, 0.5) is 0 Å². The number of aromatic amines is 1. The van der Waals surface area contributed by atoms with Crippen LogP contribution in [0.3, 0.4) is 0 Å². The first-order valence-corrected chi connectivity index (χ1v) is 7.19. The molecule has 0 bridgehead atoms. The minimum absolute atomic E-state index is 0.542. The van der Waals surface area contributed by atoms with Crippen LogP contribution in [0.15, 0.2) is 41.0 Å². The van der Waals surface area contributed by atoms with E-state index < -0.39 is 0 Å². The zero-order chi connectivity index (χ0) is 14.8. The van der Waals surface area contributed by atoms with Gasteiger partial charge < -0.3 is 4.42 Å². The van der Waals surface area contributed by atoms with E-state index in [-0.39, 0.29) is 0 Å². The number of aryl methyl sites for hydroxylation is 1. The first kappa shape index (κ1) is 13.6. The van der Waals surface area contributed by atoms with E-state index >= 15 is 0 Å². The zero-order valence-electron chi connectivity index (χ0n) is 12.6. The van der Waals surface area contributed by atoms with Gasteiger partial charge in [-0.25, -0.2) is 4.98 Å². The second-order valence-corrected chi connectivity index (χ2v) is 5.77. The van der Waals surface area contributed by atoms with Crippen LogP contribution in [0.2, 0.25) is 0 Å². The third-order valence-electron chi connectivity index (χ3n) is 3.32. The number of benzene rings is 1. The summed E-state index contributed by atoms with van der Waals surface area (Å²) < 4.78 is 5.52. The van der Waals surface area contributed by atoms with Crippen LogP contribution < -0.4 is 0 Å².